The number of carbonyl (C=O) groups excluding carboxylic acids is 2. The quantitative estimate of drug-likeness (QED) is 0.392. The number of ether oxygens (including phenoxy) is 1. The predicted molar refractivity (Wildman–Crippen MR) is 118 cm³/mol. The lowest BCUT2D eigenvalue weighted by Crippen LogP contribution is -2.29. The van der Waals surface area contributed by atoms with Crippen LogP contribution in [0.5, 0.6) is 5.75 Å². The lowest BCUT2D eigenvalue weighted by atomic mass is 9.86. The lowest BCUT2D eigenvalue weighted by Gasteiger charge is -2.25. The molecule has 3 amide bonds. The van der Waals surface area contributed by atoms with Crippen LogP contribution in [-0.4, -0.2) is 56.5 Å². The number of imide groups is 1. The molecule has 2 saturated carbocycles. The van der Waals surface area contributed by atoms with Gasteiger partial charge >= 0.3 is 6.03 Å². The van der Waals surface area contributed by atoms with E-state index in [1.807, 2.05) is 24.3 Å². The van der Waals surface area contributed by atoms with E-state index in [2.05, 4.69) is 5.32 Å². The monoisotopic (exact) mass is 448 g/mol. The Hall–Kier alpha value is -2.09. The molecular formula is C23H32N2O5S. The molecule has 3 aliphatic rings. The molecule has 0 bridgehead atoms. The molecule has 31 heavy (non-hydrogen) atoms. The zero-order valence-corrected chi connectivity index (χ0v) is 18.8. The van der Waals surface area contributed by atoms with E-state index in [1.54, 1.807) is 0 Å². The van der Waals surface area contributed by atoms with Crippen molar-refractivity contribution >= 4 is 21.8 Å². The minimum Gasteiger partial charge on any atom is -0.493 e. The predicted octanol–water partition coefficient (Wildman–Crippen LogP) is 3.03. The molecule has 2 aliphatic carbocycles. The molecule has 0 aromatic heterocycles. The van der Waals surface area contributed by atoms with E-state index >= 15 is 0 Å². The van der Waals surface area contributed by atoms with Crippen molar-refractivity contribution in [3.05, 3.63) is 29.8 Å². The summed E-state index contributed by atoms with van der Waals surface area (Å²) in [5.74, 6) is 1.59. The minimum absolute atomic E-state index is 0.100. The zero-order chi connectivity index (χ0) is 21.9. The highest BCUT2D eigenvalue weighted by atomic mass is 32.2. The molecule has 1 aliphatic heterocycles. The molecule has 0 atom stereocenters. The second kappa shape index (κ2) is 9.18. The maximum Gasteiger partial charge on any atom is 0.324 e. The highest BCUT2D eigenvalue weighted by Crippen LogP contribution is 2.50. The standard InChI is InChI=1S/C23H32N2O5S/c26-21-15-25(22(27)24-21)12-2-1-3-13-31(28,29)17-23(10-11-23)19-8-5-9-20(14-19)30-16-18-6-4-7-18/h5,8-9,14,18H,1-4,6-7,10-13,15-17H2,(H,24,26,27). The van der Waals surface area contributed by atoms with E-state index in [0.717, 1.165) is 30.8 Å². The molecule has 0 unspecified atom stereocenters. The molecule has 1 heterocycles. The van der Waals surface area contributed by atoms with Gasteiger partial charge in [-0.15, -0.1) is 0 Å². The van der Waals surface area contributed by atoms with Crippen molar-refractivity contribution in [2.45, 2.75) is 56.8 Å². The van der Waals surface area contributed by atoms with Gasteiger partial charge in [0.2, 0.25) is 5.91 Å². The van der Waals surface area contributed by atoms with E-state index < -0.39 is 9.84 Å². The molecule has 170 valence electrons. The maximum atomic E-state index is 12.8. The second-order valence-electron chi connectivity index (χ2n) is 9.34. The SMILES string of the molecule is O=C1CN(CCCCCS(=O)(=O)CC2(c3cccc(OCC4CCC4)c3)CC2)C(=O)N1. The number of sulfone groups is 1. The van der Waals surface area contributed by atoms with Crippen LogP contribution in [0.15, 0.2) is 24.3 Å². The van der Waals surface area contributed by atoms with Gasteiger partial charge in [-0.3, -0.25) is 10.1 Å². The Labute approximate surface area is 184 Å². The normalized spacial score (nSPS) is 20.5. The van der Waals surface area contributed by atoms with Crippen LogP contribution in [0.1, 0.15) is 56.9 Å². The summed E-state index contributed by atoms with van der Waals surface area (Å²) in [6.45, 7) is 1.33. The Morgan fingerprint density at radius 1 is 1.13 bits per heavy atom. The van der Waals surface area contributed by atoms with Crippen LogP contribution in [0.4, 0.5) is 4.79 Å². The van der Waals surface area contributed by atoms with Gasteiger partial charge in [0.15, 0.2) is 9.84 Å². The topological polar surface area (TPSA) is 92.8 Å². The fourth-order valence-electron chi connectivity index (χ4n) is 4.41. The third-order valence-corrected chi connectivity index (χ3v) is 8.66. The largest absolute Gasteiger partial charge is 0.493 e. The first-order valence-corrected chi connectivity index (χ1v) is 13.2. The Morgan fingerprint density at radius 2 is 1.94 bits per heavy atom. The van der Waals surface area contributed by atoms with Crippen molar-refractivity contribution in [3.8, 4) is 5.75 Å². The van der Waals surface area contributed by atoms with Gasteiger partial charge in [0.1, 0.15) is 12.3 Å². The van der Waals surface area contributed by atoms with Crippen LogP contribution in [-0.2, 0) is 20.0 Å². The third kappa shape index (κ3) is 5.79. The molecule has 0 spiro atoms. The summed E-state index contributed by atoms with van der Waals surface area (Å²) >= 11 is 0. The molecule has 3 fully saturated rings. The average Bonchev–Trinajstić information content (AvgIpc) is 3.38. The number of unbranched alkanes of at least 4 members (excludes halogenated alkanes) is 2. The van der Waals surface area contributed by atoms with Crippen LogP contribution in [0.2, 0.25) is 0 Å². The Morgan fingerprint density at radius 3 is 2.58 bits per heavy atom. The van der Waals surface area contributed by atoms with E-state index in [4.69, 9.17) is 4.74 Å². The summed E-state index contributed by atoms with van der Waals surface area (Å²) in [6.07, 6.45) is 7.56. The van der Waals surface area contributed by atoms with Gasteiger partial charge in [0, 0.05) is 12.0 Å². The van der Waals surface area contributed by atoms with Gasteiger partial charge in [-0.05, 0) is 62.1 Å². The summed E-state index contributed by atoms with van der Waals surface area (Å²) < 4.78 is 31.5. The fourth-order valence-corrected chi connectivity index (χ4v) is 6.50. The van der Waals surface area contributed by atoms with Crippen LogP contribution in [0.3, 0.4) is 0 Å². The van der Waals surface area contributed by atoms with Crippen molar-refractivity contribution < 1.29 is 22.7 Å². The first-order valence-electron chi connectivity index (χ1n) is 11.4. The molecule has 7 nitrogen and oxygen atoms in total. The number of hydrogen-bond acceptors (Lipinski definition) is 5. The first-order chi connectivity index (χ1) is 14.9. The molecule has 1 N–H and O–H groups in total. The number of nitrogens with one attached hydrogen (secondary N) is 1. The number of amides is 3. The van der Waals surface area contributed by atoms with Crippen molar-refractivity contribution in [2.24, 2.45) is 5.92 Å². The molecular weight excluding hydrogens is 416 g/mol. The Bertz CT molecular complexity index is 922. The van der Waals surface area contributed by atoms with Crippen molar-refractivity contribution in [3.63, 3.8) is 0 Å². The fraction of sp³-hybridized carbons (Fsp3) is 0.652. The lowest BCUT2D eigenvalue weighted by molar-refractivity contribution is -0.118. The highest BCUT2D eigenvalue weighted by molar-refractivity contribution is 7.91. The number of nitrogens with zero attached hydrogens (tertiary/aromatic N) is 1. The van der Waals surface area contributed by atoms with Gasteiger partial charge in [-0.25, -0.2) is 13.2 Å². The smallest absolute Gasteiger partial charge is 0.324 e. The summed E-state index contributed by atoms with van der Waals surface area (Å²) in [7, 11) is -3.17. The number of rotatable bonds is 12. The number of hydrogen-bond donors (Lipinski definition) is 1. The minimum atomic E-state index is -3.17. The van der Waals surface area contributed by atoms with Crippen LogP contribution in [0, 0.1) is 5.92 Å². The van der Waals surface area contributed by atoms with Crippen molar-refractivity contribution in [1.82, 2.24) is 10.2 Å². The van der Waals surface area contributed by atoms with Gasteiger partial charge < -0.3 is 9.64 Å². The molecule has 1 saturated heterocycles. The van der Waals surface area contributed by atoms with Gasteiger partial charge in [-0.2, -0.15) is 0 Å². The van der Waals surface area contributed by atoms with E-state index in [0.29, 0.717) is 31.7 Å². The van der Waals surface area contributed by atoms with Gasteiger partial charge in [-0.1, -0.05) is 25.0 Å². The maximum absolute atomic E-state index is 12.8. The molecule has 1 aromatic carbocycles. The summed E-state index contributed by atoms with van der Waals surface area (Å²) in [5.41, 5.74) is 0.815. The van der Waals surface area contributed by atoms with Crippen molar-refractivity contribution in [2.75, 3.05) is 31.2 Å². The average molecular weight is 449 g/mol. The van der Waals surface area contributed by atoms with Crippen LogP contribution in [0.25, 0.3) is 0 Å². The number of carbonyl (C=O) groups is 2. The number of urea groups is 1. The van der Waals surface area contributed by atoms with Crippen LogP contribution >= 0.6 is 0 Å². The first kappa shape index (κ1) is 22.1. The summed E-state index contributed by atoms with van der Waals surface area (Å²) in [6, 6.07) is 7.63. The second-order valence-corrected chi connectivity index (χ2v) is 11.5. The summed E-state index contributed by atoms with van der Waals surface area (Å²) in [4.78, 5) is 24.2. The summed E-state index contributed by atoms with van der Waals surface area (Å²) in [5, 5.41) is 2.25. The van der Waals surface area contributed by atoms with E-state index in [-0.39, 0.29) is 35.4 Å². The zero-order valence-electron chi connectivity index (χ0n) is 18.0. The van der Waals surface area contributed by atoms with Crippen LogP contribution < -0.4 is 10.1 Å². The Kier molecular flexibility index (Phi) is 6.55. The molecule has 8 heteroatoms. The molecule has 1 aromatic rings. The van der Waals surface area contributed by atoms with Gasteiger partial charge in [0.05, 0.1) is 18.1 Å². The Balaban J connectivity index is 1.23. The molecule has 0 radical (unpaired) electrons. The third-order valence-electron chi connectivity index (χ3n) is 6.76. The van der Waals surface area contributed by atoms with Crippen molar-refractivity contribution in [1.29, 1.82) is 0 Å². The van der Waals surface area contributed by atoms with E-state index in [9.17, 15) is 18.0 Å². The highest BCUT2D eigenvalue weighted by Gasteiger charge is 2.47. The number of benzene rings is 1. The van der Waals surface area contributed by atoms with E-state index in [1.165, 1.54) is 24.2 Å². The van der Waals surface area contributed by atoms with Gasteiger partial charge in [0.25, 0.3) is 0 Å². The molecule has 4 rings (SSSR count).